The summed E-state index contributed by atoms with van der Waals surface area (Å²) in [5.41, 5.74) is 0.823. The van der Waals surface area contributed by atoms with E-state index in [4.69, 9.17) is 4.42 Å². The zero-order chi connectivity index (χ0) is 19.2. The minimum Gasteiger partial charge on any atom is -0.506 e. The topological polar surface area (TPSA) is 105 Å². The van der Waals surface area contributed by atoms with Crippen molar-refractivity contribution in [3.05, 3.63) is 56.2 Å². The SMILES string of the molecule is CCc1oc2cc(S(=O)(=O)O)ccc2c1C(=O)c1cc(Br)c(O)c(Br)c1. The molecule has 0 aliphatic heterocycles. The Bertz CT molecular complexity index is 1120. The molecule has 136 valence electrons. The Morgan fingerprint density at radius 2 is 1.77 bits per heavy atom. The Morgan fingerprint density at radius 1 is 1.15 bits per heavy atom. The quantitative estimate of drug-likeness (QED) is 0.394. The van der Waals surface area contributed by atoms with Crippen LogP contribution in [0.25, 0.3) is 11.0 Å². The Kier molecular flexibility index (Phi) is 5.00. The molecule has 1 aromatic heterocycles. The number of halogens is 2. The fourth-order valence-corrected chi connectivity index (χ4v) is 4.31. The molecule has 0 saturated carbocycles. The number of aromatic hydroxyl groups is 1. The van der Waals surface area contributed by atoms with Crippen LogP contribution >= 0.6 is 31.9 Å². The Morgan fingerprint density at radius 3 is 2.31 bits per heavy atom. The van der Waals surface area contributed by atoms with Crippen molar-refractivity contribution in [2.24, 2.45) is 0 Å². The van der Waals surface area contributed by atoms with E-state index < -0.39 is 10.1 Å². The van der Waals surface area contributed by atoms with Crippen molar-refractivity contribution in [1.29, 1.82) is 0 Å². The van der Waals surface area contributed by atoms with Crippen molar-refractivity contribution in [2.75, 3.05) is 0 Å². The van der Waals surface area contributed by atoms with Crippen molar-refractivity contribution < 1.29 is 27.3 Å². The normalized spacial score (nSPS) is 11.8. The maximum Gasteiger partial charge on any atom is 0.294 e. The maximum atomic E-state index is 13.0. The van der Waals surface area contributed by atoms with Gasteiger partial charge in [0, 0.05) is 23.4 Å². The first-order chi connectivity index (χ1) is 12.1. The molecule has 1 heterocycles. The van der Waals surface area contributed by atoms with Crippen LogP contribution < -0.4 is 0 Å². The summed E-state index contributed by atoms with van der Waals surface area (Å²) in [6.07, 6.45) is 0.414. The van der Waals surface area contributed by atoms with E-state index in [1.54, 1.807) is 6.92 Å². The molecule has 0 amide bonds. The monoisotopic (exact) mass is 502 g/mol. The Hall–Kier alpha value is -1.68. The molecular formula is C17H12Br2O6S. The van der Waals surface area contributed by atoms with Crippen molar-refractivity contribution in [3.63, 3.8) is 0 Å². The number of aryl methyl sites for hydroxylation is 1. The van der Waals surface area contributed by atoms with Gasteiger partial charge < -0.3 is 9.52 Å². The van der Waals surface area contributed by atoms with E-state index in [2.05, 4.69) is 31.9 Å². The summed E-state index contributed by atoms with van der Waals surface area (Å²) in [5.74, 6) is 0.0477. The summed E-state index contributed by atoms with van der Waals surface area (Å²) in [6.45, 7) is 1.81. The lowest BCUT2D eigenvalue weighted by Gasteiger charge is -2.06. The maximum absolute atomic E-state index is 13.0. The lowest BCUT2D eigenvalue weighted by Crippen LogP contribution is -2.04. The summed E-state index contributed by atoms with van der Waals surface area (Å²) in [6, 6.07) is 6.81. The summed E-state index contributed by atoms with van der Waals surface area (Å²) in [7, 11) is -4.38. The average Bonchev–Trinajstić information content (AvgIpc) is 2.95. The van der Waals surface area contributed by atoms with E-state index in [0.29, 0.717) is 37.6 Å². The van der Waals surface area contributed by atoms with Gasteiger partial charge in [-0.05, 0) is 56.1 Å². The number of fused-ring (bicyclic) bond motifs is 1. The number of hydrogen-bond acceptors (Lipinski definition) is 5. The van der Waals surface area contributed by atoms with Gasteiger partial charge in [0.05, 0.1) is 19.4 Å². The third-order valence-electron chi connectivity index (χ3n) is 3.86. The first-order valence-corrected chi connectivity index (χ1v) is 10.4. The van der Waals surface area contributed by atoms with Gasteiger partial charge in [0.15, 0.2) is 5.78 Å². The lowest BCUT2D eigenvalue weighted by atomic mass is 9.99. The highest BCUT2D eigenvalue weighted by molar-refractivity contribution is 9.11. The van der Waals surface area contributed by atoms with Crippen LogP contribution in [0.2, 0.25) is 0 Å². The van der Waals surface area contributed by atoms with Crippen molar-refractivity contribution >= 4 is 58.7 Å². The minimum atomic E-state index is -4.38. The first kappa shape index (κ1) is 19.1. The molecule has 0 atom stereocenters. The number of hydrogen-bond donors (Lipinski definition) is 2. The Labute approximate surface area is 165 Å². The molecule has 6 nitrogen and oxygen atoms in total. The van der Waals surface area contributed by atoms with Gasteiger partial charge in [-0.3, -0.25) is 9.35 Å². The third kappa shape index (κ3) is 3.32. The van der Waals surface area contributed by atoms with Crippen LogP contribution in [0.15, 0.2) is 48.6 Å². The molecule has 0 radical (unpaired) electrons. The lowest BCUT2D eigenvalue weighted by molar-refractivity contribution is 0.103. The van der Waals surface area contributed by atoms with Crippen LogP contribution in [0.5, 0.6) is 5.75 Å². The van der Waals surface area contributed by atoms with Crippen LogP contribution in [0.3, 0.4) is 0 Å². The third-order valence-corrected chi connectivity index (χ3v) is 5.92. The number of carbonyl (C=O) groups is 1. The molecule has 0 fully saturated rings. The molecule has 3 rings (SSSR count). The summed E-state index contributed by atoms with van der Waals surface area (Å²) < 4.78 is 38.2. The molecule has 0 bridgehead atoms. The fraction of sp³-hybridized carbons (Fsp3) is 0.118. The first-order valence-electron chi connectivity index (χ1n) is 7.39. The molecule has 0 unspecified atom stereocenters. The fourth-order valence-electron chi connectivity index (χ4n) is 2.63. The Balaban J connectivity index is 2.22. The second-order valence-electron chi connectivity index (χ2n) is 5.50. The van der Waals surface area contributed by atoms with Gasteiger partial charge in [-0.25, -0.2) is 0 Å². The number of furan rings is 1. The van der Waals surface area contributed by atoms with Gasteiger partial charge in [0.25, 0.3) is 10.1 Å². The van der Waals surface area contributed by atoms with Gasteiger partial charge in [0.1, 0.15) is 17.1 Å². The summed E-state index contributed by atoms with van der Waals surface area (Å²) in [5, 5.41) is 10.3. The highest BCUT2D eigenvalue weighted by Crippen LogP contribution is 2.36. The van der Waals surface area contributed by atoms with Crippen LogP contribution in [0.4, 0.5) is 0 Å². The highest BCUT2D eigenvalue weighted by atomic mass is 79.9. The van der Waals surface area contributed by atoms with Crippen molar-refractivity contribution in [3.8, 4) is 5.75 Å². The van der Waals surface area contributed by atoms with Gasteiger partial charge in [-0.1, -0.05) is 6.92 Å². The van der Waals surface area contributed by atoms with Crippen molar-refractivity contribution in [1.82, 2.24) is 0 Å². The summed E-state index contributed by atoms with van der Waals surface area (Å²) >= 11 is 6.39. The van der Waals surface area contributed by atoms with E-state index >= 15 is 0 Å². The van der Waals surface area contributed by atoms with Gasteiger partial charge in [0.2, 0.25) is 0 Å². The molecule has 0 aliphatic rings. The number of ketones is 1. The molecule has 2 aromatic carbocycles. The van der Waals surface area contributed by atoms with Crippen LogP contribution in [0.1, 0.15) is 28.6 Å². The van der Waals surface area contributed by atoms with E-state index in [9.17, 15) is 22.9 Å². The molecule has 0 aliphatic carbocycles. The number of phenols is 1. The van der Waals surface area contributed by atoms with E-state index in [1.807, 2.05) is 0 Å². The molecule has 9 heteroatoms. The second-order valence-corrected chi connectivity index (χ2v) is 8.63. The minimum absolute atomic E-state index is 0.0212. The highest BCUT2D eigenvalue weighted by Gasteiger charge is 2.24. The van der Waals surface area contributed by atoms with Crippen molar-refractivity contribution in [2.45, 2.75) is 18.2 Å². The van der Waals surface area contributed by atoms with Gasteiger partial charge >= 0.3 is 0 Å². The number of carbonyl (C=O) groups excluding carboxylic acids is 1. The van der Waals surface area contributed by atoms with E-state index in [0.717, 1.165) is 0 Å². The average molecular weight is 504 g/mol. The molecule has 26 heavy (non-hydrogen) atoms. The zero-order valence-corrected chi connectivity index (χ0v) is 17.3. The van der Waals surface area contributed by atoms with Crippen LogP contribution in [-0.4, -0.2) is 23.9 Å². The molecular weight excluding hydrogens is 492 g/mol. The predicted molar refractivity (Wildman–Crippen MR) is 102 cm³/mol. The van der Waals surface area contributed by atoms with E-state index in [-0.39, 0.29) is 22.0 Å². The molecule has 3 aromatic rings. The molecule has 2 N–H and O–H groups in total. The smallest absolute Gasteiger partial charge is 0.294 e. The largest absolute Gasteiger partial charge is 0.506 e. The van der Waals surface area contributed by atoms with Gasteiger partial charge in [-0.15, -0.1) is 0 Å². The number of benzene rings is 2. The van der Waals surface area contributed by atoms with E-state index in [1.165, 1.54) is 30.3 Å². The standard InChI is InChI=1S/C17H12Br2O6S/c1-2-13-15(16(20)8-5-11(18)17(21)12(19)6-8)10-4-3-9(26(22,23)24)7-14(10)25-13/h3-7,21H,2H2,1H3,(H,22,23,24). The zero-order valence-electron chi connectivity index (χ0n) is 13.3. The van der Waals surface area contributed by atoms with Gasteiger partial charge in [-0.2, -0.15) is 8.42 Å². The summed E-state index contributed by atoms with van der Waals surface area (Å²) in [4.78, 5) is 12.7. The predicted octanol–water partition coefficient (Wildman–Crippen LogP) is 4.70. The molecule has 0 saturated heterocycles. The second kappa shape index (κ2) is 6.80. The number of phenolic OH excluding ortho intramolecular Hbond substituents is 1. The number of rotatable bonds is 4. The van der Waals surface area contributed by atoms with Crippen LogP contribution in [0, 0.1) is 0 Å². The molecule has 0 spiro atoms. The van der Waals surface area contributed by atoms with Crippen LogP contribution in [-0.2, 0) is 16.5 Å².